The first-order chi connectivity index (χ1) is 13.7. The highest BCUT2D eigenvalue weighted by Crippen LogP contribution is 2.20. The van der Waals surface area contributed by atoms with Crippen LogP contribution in [0.1, 0.15) is 10.4 Å². The number of nitrogens with one attached hydrogen (secondary N) is 2. The predicted octanol–water partition coefficient (Wildman–Crippen LogP) is 0.984. The Morgan fingerprint density at radius 3 is 2.38 bits per heavy atom. The van der Waals surface area contributed by atoms with Crippen molar-refractivity contribution < 1.29 is 26.4 Å². The van der Waals surface area contributed by atoms with Crippen LogP contribution >= 0.6 is 11.6 Å². The van der Waals surface area contributed by atoms with Crippen molar-refractivity contribution in [1.29, 1.82) is 0 Å². The smallest absolute Gasteiger partial charge is 0.266 e. The summed E-state index contributed by atoms with van der Waals surface area (Å²) in [6.45, 7) is 1.03. The number of rotatable bonds is 6. The zero-order valence-corrected chi connectivity index (χ0v) is 17.4. The number of benzene rings is 2. The van der Waals surface area contributed by atoms with Gasteiger partial charge in [0.05, 0.1) is 23.1 Å². The summed E-state index contributed by atoms with van der Waals surface area (Å²) in [5.74, 6) is -0.820. The maximum Gasteiger partial charge on any atom is 0.266 e. The fraction of sp³-hybridized carbons (Fsp3) is 0.235. The Balaban J connectivity index is 1.75. The first-order valence-corrected chi connectivity index (χ1v) is 11.8. The lowest BCUT2D eigenvalue weighted by Crippen LogP contribution is -2.42. The third-order valence-electron chi connectivity index (χ3n) is 4.13. The van der Waals surface area contributed by atoms with Crippen LogP contribution in [-0.4, -0.2) is 53.4 Å². The number of ether oxygens (including phenoxy) is 1. The molecule has 1 fully saturated rings. The summed E-state index contributed by atoms with van der Waals surface area (Å²) < 4.78 is 56.4. The lowest BCUT2D eigenvalue weighted by atomic mass is 10.2. The quantitative estimate of drug-likeness (QED) is 0.621. The minimum atomic E-state index is -4.10. The molecule has 29 heavy (non-hydrogen) atoms. The normalized spacial score (nSPS) is 15.8. The highest BCUT2D eigenvalue weighted by atomic mass is 35.5. The van der Waals surface area contributed by atoms with E-state index in [-0.39, 0.29) is 33.5 Å². The number of halogens is 1. The first-order valence-electron chi connectivity index (χ1n) is 8.46. The second-order valence-corrected chi connectivity index (χ2v) is 10.0. The zero-order valence-electron chi connectivity index (χ0n) is 15.0. The number of hydrogen-bond acceptors (Lipinski definition) is 6. The topological polar surface area (TPSA) is 122 Å². The van der Waals surface area contributed by atoms with Crippen molar-refractivity contribution in [2.45, 2.75) is 9.79 Å². The number of nitrogens with zero attached hydrogens (tertiary/aromatic N) is 1. The van der Waals surface area contributed by atoms with Gasteiger partial charge in [0.1, 0.15) is 4.90 Å². The largest absolute Gasteiger partial charge is 0.379 e. The fourth-order valence-corrected chi connectivity index (χ4v) is 5.45. The minimum Gasteiger partial charge on any atom is -0.379 e. The van der Waals surface area contributed by atoms with Crippen molar-refractivity contribution in [1.82, 2.24) is 14.6 Å². The van der Waals surface area contributed by atoms with Gasteiger partial charge in [0.25, 0.3) is 15.9 Å². The SMILES string of the molecule is O=C(NNS(=O)(=O)c1ccccc1Cl)c1cccc(S(=O)(=O)N2CCOCC2)c1. The monoisotopic (exact) mass is 459 g/mol. The molecule has 2 aromatic rings. The van der Waals surface area contributed by atoms with Gasteiger partial charge >= 0.3 is 0 Å². The van der Waals surface area contributed by atoms with E-state index in [4.69, 9.17) is 16.3 Å². The van der Waals surface area contributed by atoms with Gasteiger partial charge < -0.3 is 4.74 Å². The molecule has 0 radical (unpaired) electrons. The number of morpholine rings is 1. The maximum atomic E-state index is 12.7. The molecule has 0 spiro atoms. The van der Waals surface area contributed by atoms with Crippen LogP contribution in [0.4, 0.5) is 0 Å². The third kappa shape index (κ3) is 4.94. The molecule has 0 saturated carbocycles. The number of amides is 1. The Bertz CT molecular complexity index is 1120. The van der Waals surface area contributed by atoms with Gasteiger partial charge in [-0.3, -0.25) is 10.2 Å². The van der Waals surface area contributed by atoms with Gasteiger partial charge in [-0.2, -0.15) is 4.31 Å². The van der Waals surface area contributed by atoms with E-state index >= 15 is 0 Å². The number of carbonyl (C=O) groups excluding carboxylic acids is 1. The van der Waals surface area contributed by atoms with Crippen LogP contribution in [0.15, 0.2) is 58.3 Å². The van der Waals surface area contributed by atoms with E-state index in [9.17, 15) is 21.6 Å². The molecule has 12 heteroatoms. The van der Waals surface area contributed by atoms with E-state index in [2.05, 4.69) is 5.43 Å². The summed E-state index contributed by atoms with van der Waals surface area (Å²) in [7, 11) is -7.90. The Morgan fingerprint density at radius 1 is 1.00 bits per heavy atom. The first kappa shape index (κ1) is 21.7. The van der Waals surface area contributed by atoms with Gasteiger partial charge in [0.15, 0.2) is 0 Å². The van der Waals surface area contributed by atoms with Crippen LogP contribution in [-0.2, 0) is 24.8 Å². The van der Waals surface area contributed by atoms with Crippen molar-refractivity contribution in [2.75, 3.05) is 26.3 Å². The Kier molecular flexibility index (Phi) is 6.56. The molecule has 2 N–H and O–H groups in total. The maximum absolute atomic E-state index is 12.7. The van der Waals surface area contributed by atoms with Crippen LogP contribution in [0.5, 0.6) is 0 Å². The standard InChI is InChI=1S/C17H18ClN3O6S2/c18-15-6-1-2-7-16(15)28(23,24)20-19-17(22)13-4-3-5-14(12-13)29(25,26)21-8-10-27-11-9-21/h1-7,12,20H,8-11H2,(H,19,22). The number of sulfonamides is 2. The van der Waals surface area contributed by atoms with Crippen molar-refractivity contribution >= 4 is 37.6 Å². The summed E-state index contributed by atoms with van der Waals surface area (Å²) in [4.78, 5) is 14.0. The molecule has 156 valence electrons. The second-order valence-electron chi connectivity index (χ2n) is 6.03. The number of hydrogen-bond donors (Lipinski definition) is 2. The molecule has 0 bridgehead atoms. The Hall–Kier alpha value is -2.02. The van der Waals surface area contributed by atoms with Crippen molar-refractivity contribution in [3.63, 3.8) is 0 Å². The Labute approximate surface area is 173 Å². The molecule has 0 atom stereocenters. The molecule has 3 rings (SSSR count). The molecular weight excluding hydrogens is 442 g/mol. The summed E-state index contributed by atoms with van der Waals surface area (Å²) in [5, 5.41) is -0.00662. The van der Waals surface area contributed by atoms with Gasteiger partial charge in [-0.05, 0) is 30.3 Å². The van der Waals surface area contributed by atoms with E-state index < -0.39 is 26.0 Å². The average molecular weight is 460 g/mol. The average Bonchev–Trinajstić information content (AvgIpc) is 2.73. The number of carbonyl (C=O) groups is 1. The van der Waals surface area contributed by atoms with Crippen molar-refractivity contribution in [3.8, 4) is 0 Å². The summed E-state index contributed by atoms with van der Waals surface area (Å²) in [5.41, 5.74) is 2.03. The summed E-state index contributed by atoms with van der Waals surface area (Å²) >= 11 is 5.87. The second kappa shape index (κ2) is 8.78. The van der Waals surface area contributed by atoms with E-state index in [1.54, 1.807) is 6.07 Å². The molecule has 1 aliphatic heterocycles. The Morgan fingerprint density at radius 2 is 1.69 bits per heavy atom. The van der Waals surface area contributed by atoms with Crippen LogP contribution < -0.4 is 10.3 Å². The summed E-state index contributed by atoms with van der Waals surface area (Å²) in [6, 6.07) is 11.1. The van der Waals surface area contributed by atoms with Crippen LogP contribution in [0.25, 0.3) is 0 Å². The summed E-state index contributed by atoms with van der Waals surface area (Å²) in [6.07, 6.45) is 0. The van der Waals surface area contributed by atoms with Crippen molar-refractivity contribution in [3.05, 3.63) is 59.1 Å². The molecule has 9 nitrogen and oxygen atoms in total. The molecule has 1 amide bonds. The third-order valence-corrected chi connectivity index (χ3v) is 7.77. The lowest BCUT2D eigenvalue weighted by molar-refractivity contribution is 0.0730. The zero-order chi connectivity index (χ0) is 21.1. The molecular formula is C17H18ClN3O6S2. The molecule has 0 aliphatic carbocycles. The van der Waals surface area contributed by atoms with Crippen LogP contribution in [0, 0.1) is 0 Å². The fourth-order valence-electron chi connectivity index (χ4n) is 2.64. The lowest BCUT2D eigenvalue weighted by Gasteiger charge is -2.26. The van der Waals surface area contributed by atoms with Gasteiger partial charge in [-0.25, -0.2) is 16.8 Å². The van der Waals surface area contributed by atoms with E-state index in [1.165, 1.54) is 46.8 Å². The molecule has 1 heterocycles. The van der Waals surface area contributed by atoms with Crippen LogP contribution in [0.3, 0.4) is 0 Å². The molecule has 1 aliphatic rings. The van der Waals surface area contributed by atoms with E-state index in [0.717, 1.165) is 0 Å². The molecule has 1 saturated heterocycles. The van der Waals surface area contributed by atoms with Crippen LogP contribution in [0.2, 0.25) is 5.02 Å². The molecule has 2 aromatic carbocycles. The van der Waals surface area contributed by atoms with Gasteiger partial charge in [0, 0.05) is 18.7 Å². The van der Waals surface area contributed by atoms with Gasteiger partial charge in [0.2, 0.25) is 10.0 Å². The minimum absolute atomic E-state index is 0.00662. The highest BCUT2D eigenvalue weighted by molar-refractivity contribution is 7.89. The van der Waals surface area contributed by atoms with E-state index in [1.807, 2.05) is 4.83 Å². The van der Waals surface area contributed by atoms with E-state index in [0.29, 0.717) is 13.2 Å². The molecule has 0 aromatic heterocycles. The van der Waals surface area contributed by atoms with Gasteiger partial charge in [-0.1, -0.05) is 29.8 Å². The van der Waals surface area contributed by atoms with Gasteiger partial charge in [-0.15, -0.1) is 4.83 Å². The molecule has 0 unspecified atom stereocenters. The predicted molar refractivity (Wildman–Crippen MR) is 105 cm³/mol. The highest BCUT2D eigenvalue weighted by Gasteiger charge is 2.27. The number of hydrazine groups is 1. The van der Waals surface area contributed by atoms with Crippen molar-refractivity contribution in [2.24, 2.45) is 0 Å².